The first-order chi connectivity index (χ1) is 17.7. The fourth-order valence-electron chi connectivity index (χ4n) is 4.62. The highest BCUT2D eigenvalue weighted by Crippen LogP contribution is 2.22. The Balaban J connectivity index is 2.40. The van der Waals surface area contributed by atoms with Crippen LogP contribution in [0.4, 0.5) is 0 Å². The lowest BCUT2D eigenvalue weighted by atomic mass is 9.95. The molecule has 0 bridgehead atoms. The average molecular weight is 642 g/mol. The lowest BCUT2D eigenvalue weighted by Crippen LogP contribution is -2.56. The number of cyclic esters (lactones) is 1. The number of hydrogen-bond donors (Lipinski definition) is 3. The van der Waals surface area contributed by atoms with E-state index < -0.39 is 35.9 Å². The van der Waals surface area contributed by atoms with Crippen LogP contribution in [-0.4, -0.2) is 65.0 Å². The number of allylic oxidation sites excluding steroid dienone is 2. The van der Waals surface area contributed by atoms with E-state index in [1.807, 2.05) is 50.3 Å². The van der Waals surface area contributed by atoms with E-state index in [-0.39, 0.29) is 36.0 Å². The highest BCUT2D eigenvalue weighted by atomic mass is 127. The van der Waals surface area contributed by atoms with Crippen LogP contribution in [0.25, 0.3) is 0 Å². The van der Waals surface area contributed by atoms with Crippen molar-refractivity contribution in [3.8, 4) is 5.75 Å². The molecule has 3 amide bonds. The second kappa shape index (κ2) is 14.0. The summed E-state index contributed by atoms with van der Waals surface area (Å²) in [7, 11) is 1.50. The van der Waals surface area contributed by atoms with Gasteiger partial charge in [0.05, 0.1) is 9.67 Å². The molecule has 210 valence electrons. The second-order valence-corrected chi connectivity index (χ2v) is 11.7. The molecule has 0 saturated carbocycles. The number of esters is 1. The first kappa shape index (κ1) is 31.6. The van der Waals surface area contributed by atoms with Crippen molar-refractivity contribution in [2.75, 3.05) is 7.05 Å². The van der Waals surface area contributed by atoms with Crippen LogP contribution in [0.3, 0.4) is 0 Å². The fourth-order valence-corrected chi connectivity index (χ4v) is 5.20. The molecule has 0 aromatic heterocycles. The lowest BCUT2D eigenvalue weighted by Gasteiger charge is -2.31. The summed E-state index contributed by atoms with van der Waals surface area (Å²) in [6, 6.07) is 2.17. The van der Waals surface area contributed by atoms with Gasteiger partial charge in [-0.15, -0.1) is 0 Å². The summed E-state index contributed by atoms with van der Waals surface area (Å²) in [6.45, 7) is 10.7. The molecule has 1 aromatic rings. The van der Waals surface area contributed by atoms with E-state index in [1.54, 1.807) is 26.0 Å². The number of phenols is 1. The molecule has 0 fully saturated rings. The number of nitrogens with one attached hydrogen (secondary N) is 2. The summed E-state index contributed by atoms with van der Waals surface area (Å²) in [5.74, 6) is -1.89. The molecule has 0 spiro atoms. The summed E-state index contributed by atoms with van der Waals surface area (Å²) in [5, 5.41) is 15.4. The molecule has 38 heavy (non-hydrogen) atoms. The Morgan fingerprint density at radius 1 is 1.03 bits per heavy atom. The van der Waals surface area contributed by atoms with Crippen LogP contribution in [0.1, 0.15) is 59.9 Å². The Bertz CT molecular complexity index is 1070. The Hall–Kier alpha value is -2.63. The third-order valence-electron chi connectivity index (χ3n) is 6.67. The van der Waals surface area contributed by atoms with Gasteiger partial charge in [0.15, 0.2) is 0 Å². The van der Waals surface area contributed by atoms with E-state index in [0.29, 0.717) is 16.4 Å². The van der Waals surface area contributed by atoms with Crippen LogP contribution in [-0.2, 0) is 30.3 Å². The highest BCUT2D eigenvalue weighted by molar-refractivity contribution is 14.1. The summed E-state index contributed by atoms with van der Waals surface area (Å²) in [6.07, 6.45) is 2.96. The molecule has 2 rings (SSSR count). The third-order valence-corrected chi connectivity index (χ3v) is 7.53. The first-order valence-corrected chi connectivity index (χ1v) is 14.0. The normalized spacial score (nSPS) is 28.9. The number of carbonyl (C=O) groups excluding carboxylic acids is 4. The van der Waals surface area contributed by atoms with E-state index in [2.05, 4.69) is 16.7 Å². The van der Waals surface area contributed by atoms with Gasteiger partial charge in [0.25, 0.3) is 0 Å². The number of phenolic OH excluding ortho intramolecular Hbond substituents is 1. The highest BCUT2D eigenvalue weighted by Gasteiger charge is 2.33. The van der Waals surface area contributed by atoms with Crippen molar-refractivity contribution in [2.45, 2.75) is 85.0 Å². The summed E-state index contributed by atoms with van der Waals surface area (Å²) in [4.78, 5) is 53.7. The minimum absolute atomic E-state index is 0.114. The predicted octanol–water partition coefficient (Wildman–Crippen LogP) is 3.32. The number of halogens is 1. The molecule has 1 heterocycles. The van der Waals surface area contributed by atoms with Gasteiger partial charge in [0.2, 0.25) is 17.7 Å². The number of likely N-dealkylation sites (N-methyl/N-ethyl adjacent to an activating group) is 1. The number of hydrogen-bond acceptors (Lipinski definition) is 6. The lowest BCUT2D eigenvalue weighted by molar-refractivity contribution is -0.153. The standard InChI is InChI=1S/C28H40IN3O6/c1-15-10-16(2)12-18(4)38-28(37)20(6)31-26(35)23(14-21-8-9-24(33)22(29)13-21)32(7)27(36)19(5)30-25(34)17(3)11-15/h8-10,13,16-20,23,33H,11-12,14H2,1-7H3,(H,30,34)(H,31,35)/t16-,17-,18-,19-,20-,23+/m0/s1. The van der Waals surface area contributed by atoms with Crippen molar-refractivity contribution in [1.82, 2.24) is 15.5 Å². The van der Waals surface area contributed by atoms with Crippen LogP contribution >= 0.6 is 22.6 Å². The number of rotatable bonds is 2. The maximum atomic E-state index is 13.4. The minimum Gasteiger partial charge on any atom is -0.507 e. The van der Waals surface area contributed by atoms with E-state index in [1.165, 1.54) is 18.0 Å². The van der Waals surface area contributed by atoms with E-state index >= 15 is 0 Å². The smallest absolute Gasteiger partial charge is 0.328 e. The van der Waals surface area contributed by atoms with Crippen LogP contribution < -0.4 is 10.6 Å². The predicted molar refractivity (Wildman–Crippen MR) is 153 cm³/mol. The van der Waals surface area contributed by atoms with Gasteiger partial charge in [0, 0.05) is 19.4 Å². The van der Waals surface area contributed by atoms with Gasteiger partial charge in [-0.1, -0.05) is 31.6 Å². The van der Waals surface area contributed by atoms with Crippen LogP contribution in [0.15, 0.2) is 29.8 Å². The second-order valence-electron chi connectivity index (χ2n) is 10.5. The summed E-state index contributed by atoms with van der Waals surface area (Å²) in [5.41, 5.74) is 1.76. The molecule has 3 N–H and O–H groups in total. The topological polar surface area (TPSA) is 125 Å². The van der Waals surface area contributed by atoms with Crippen molar-refractivity contribution < 1.29 is 29.0 Å². The molecule has 1 aliphatic rings. The molecule has 9 nitrogen and oxygen atoms in total. The van der Waals surface area contributed by atoms with Crippen LogP contribution in [0, 0.1) is 15.4 Å². The van der Waals surface area contributed by atoms with E-state index in [0.717, 1.165) is 11.1 Å². The van der Waals surface area contributed by atoms with Gasteiger partial charge >= 0.3 is 5.97 Å². The zero-order chi connectivity index (χ0) is 28.7. The van der Waals surface area contributed by atoms with Gasteiger partial charge < -0.3 is 25.4 Å². The molecule has 1 aromatic carbocycles. The minimum atomic E-state index is -0.976. The Morgan fingerprint density at radius 2 is 1.66 bits per heavy atom. The Kier molecular flexibility index (Phi) is 11.6. The number of amides is 3. The number of ether oxygens (including phenoxy) is 1. The molecule has 0 unspecified atom stereocenters. The van der Waals surface area contributed by atoms with Gasteiger partial charge in [-0.3, -0.25) is 14.4 Å². The number of aromatic hydroxyl groups is 1. The molecule has 1 aliphatic heterocycles. The van der Waals surface area contributed by atoms with Gasteiger partial charge in [0.1, 0.15) is 23.9 Å². The van der Waals surface area contributed by atoms with Gasteiger partial charge in [-0.2, -0.15) is 0 Å². The fraction of sp³-hybridized carbons (Fsp3) is 0.571. The van der Waals surface area contributed by atoms with Gasteiger partial charge in [-0.25, -0.2) is 4.79 Å². The van der Waals surface area contributed by atoms with Crippen LogP contribution in [0.2, 0.25) is 0 Å². The molecule has 0 radical (unpaired) electrons. The van der Waals surface area contributed by atoms with Crippen molar-refractivity contribution in [3.63, 3.8) is 0 Å². The van der Waals surface area contributed by atoms with Crippen LogP contribution in [0.5, 0.6) is 5.75 Å². The number of benzene rings is 1. The van der Waals surface area contributed by atoms with Gasteiger partial charge in [-0.05, 0) is 86.7 Å². The Morgan fingerprint density at radius 3 is 2.29 bits per heavy atom. The monoisotopic (exact) mass is 641 g/mol. The number of carbonyl (C=O) groups is 4. The third kappa shape index (κ3) is 8.99. The quantitative estimate of drug-likeness (QED) is 0.259. The summed E-state index contributed by atoms with van der Waals surface area (Å²) >= 11 is 1.99. The maximum absolute atomic E-state index is 13.4. The summed E-state index contributed by atoms with van der Waals surface area (Å²) < 4.78 is 6.20. The molecular formula is C28H40IN3O6. The zero-order valence-electron chi connectivity index (χ0n) is 23.2. The SMILES string of the molecule is CC1=C[C@H](C)C[C@H](C)OC(=O)[C@H](C)NC(=O)[C@@H](Cc2ccc(O)c(I)c2)N(C)C(=O)[C@H](C)NC(=O)[C@@H](C)C1. The van der Waals surface area contributed by atoms with Crippen molar-refractivity contribution in [3.05, 3.63) is 39.0 Å². The molecular weight excluding hydrogens is 601 g/mol. The molecule has 0 aliphatic carbocycles. The first-order valence-electron chi connectivity index (χ1n) is 12.9. The molecule has 6 atom stereocenters. The maximum Gasteiger partial charge on any atom is 0.328 e. The van der Waals surface area contributed by atoms with Crippen molar-refractivity contribution in [1.29, 1.82) is 0 Å². The largest absolute Gasteiger partial charge is 0.507 e. The Labute approximate surface area is 238 Å². The van der Waals surface area contributed by atoms with E-state index in [4.69, 9.17) is 4.74 Å². The molecule has 10 heteroatoms. The van der Waals surface area contributed by atoms with Crippen molar-refractivity contribution >= 4 is 46.3 Å². The molecule has 0 saturated heterocycles. The van der Waals surface area contributed by atoms with E-state index in [9.17, 15) is 24.3 Å². The zero-order valence-corrected chi connectivity index (χ0v) is 25.4. The van der Waals surface area contributed by atoms with Crippen molar-refractivity contribution in [2.24, 2.45) is 11.8 Å². The number of nitrogens with zero attached hydrogens (tertiary/aromatic N) is 1. The average Bonchev–Trinajstić information content (AvgIpc) is 2.82.